The van der Waals surface area contributed by atoms with Gasteiger partial charge >= 0.3 is 5.97 Å². The van der Waals surface area contributed by atoms with Crippen LogP contribution in [-0.4, -0.2) is 30.4 Å². The van der Waals surface area contributed by atoms with Gasteiger partial charge in [-0.15, -0.1) is 0 Å². The molecule has 1 rings (SSSR count). The maximum atomic E-state index is 11.4. The second-order valence-electron chi connectivity index (χ2n) is 5.25. The highest BCUT2D eigenvalue weighted by Gasteiger charge is 2.32. The second kappa shape index (κ2) is 6.06. The van der Waals surface area contributed by atoms with Gasteiger partial charge in [-0.05, 0) is 37.0 Å². The van der Waals surface area contributed by atoms with Crippen LogP contribution < -0.4 is 4.74 Å². The number of hydrogen-bond donors (Lipinski definition) is 1. The Morgan fingerprint density at radius 2 is 2.05 bits per heavy atom. The molecule has 0 aliphatic carbocycles. The zero-order valence-corrected chi connectivity index (χ0v) is 12.2. The lowest BCUT2D eigenvalue weighted by Crippen LogP contribution is -2.42. The minimum atomic E-state index is -1.65. The predicted octanol–water partition coefficient (Wildman–Crippen LogP) is 2.42. The molecule has 4 heteroatoms. The Bertz CT molecular complexity index is 449. The second-order valence-corrected chi connectivity index (χ2v) is 5.25. The summed E-state index contributed by atoms with van der Waals surface area (Å²) >= 11 is 0. The van der Waals surface area contributed by atoms with E-state index in [2.05, 4.69) is 18.6 Å². The van der Waals surface area contributed by atoms with Crippen LogP contribution in [0.1, 0.15) is 37.8 Å². The quantitative estimate of drug-likeness (QED) is 0.832. The molecule has 1 atom stereocenters. The summed E-state index contributed by atoms with van der Waals surface area (Å²) in [5.41, 5.74) is 0.468. The van der Waals surface area contributed by atoms with Gasteiger partial charge in [0.15, 0.2) is 5.60 Å². The number of carbonyl (C=O) groups excluding carboxylic acids is 1. The molecule has 106 valence electrons. The van der Waals surface area contributed by atoms with Crippen molar-refractivity contribution in [2.45, 2.75) is 39.2 Å². The van der Waals surface area contributed by atoms with Gasteiger partial charge in [0.05, 0.1) is 7.11 Å². The Morgan fingerprint density at radius 3 is 2.58 bits per heavy atom. The zero-order chi connectivity index (χ0) is 14.6. The lowest BCUT2D eigenvalue weighted by Gasteiger charge is -2.22. The molecule has 0 aromatic heterocycles. The normalized spacial score (nSPS) is 14.1. The van der Waals surface area contributed by atoms with Crippen molar-refractivity contribution in [3.63, 3.8) is 0 Å². The van der Waals surface area contributed by atoms with Gasteiger partial charge in [0, 0.05) is 0 Å². The van der Waals surface area contributed by atoms with E-state index in [1.807, 2.05) is 25.1 Å². The van der Waals surface area contributed by atoms with Crippen LogP contribution in [0.25, 0.3) is 0 Å². The van der Waals surface area contributed by atoms with Crippen molar-refractivity contribution in [1.82, 2.24) is 0 Å². The minimum absolute atomic E-state index is 0.136. The van der Waals surface area contributed by atoms with Gasteiger partial charge in [-0.2, -0.15) is 0 Å². The maximum Gasteiger partial charge on any atom is 0.341 e. The maximum absolute atomic E-state index is 11.4. The third-order valence-corrected chi connectivity index (χ3v) is 2.92. The van der Waals surface area contributed by atoms with Crippen LogP contribution in [0.4, 0.5) is 0 Å². The van der Waals surface area contributed by atoms with Crippen molar-refractivity contribution < 1.29 is 19.4 Å². The highest BCUT2D eigenvalue weighted by atomic mass is 16.6. The Morgan fingerprint density at radius 1 is 1.42 bits per heavy atom. The standard InChI is InChI=1S/C15H22O4/c1-10(2)12-7-6-11(3)8-13(12)19-9-15(4,17)14(16)18-5/h6-8,10,17H,9H2,1-5H3. The molecule has 1 aromatic carbocycles. The monoisotopic (exact) mass is 266 g/mol. The summed E-state index contributed by atoms with van der Waals surface area (Å²) in [4.78, 5) is 11.4. The lowest BCUT2D eigenvalue weighted by atomic mass is 10.0. The van der Waals surface area contributed by atoms with E-state index in [1.54, 1.807) is 0 Å². The lowest BCUT2D eigenvalue weighted by molar-refractivity contribution is -0.163. The zero-order valence-electron chi connectivity index (χ0n) is 12.2. The van der Waals surface area contributed by atoms with Crippen molar-refractivity contribution in [2.75, 3.05) is 13.7 Å². The molecule has 0 spiro atoms. The summed E-state index contributed by atoms with van der Waals surface area (Å²) in [7, 11) is 1.24. The van der Waals surface area contributed by atoms with Gasteiger partial charge in [-0.25, -0.2) is 4.79 Å². The summed E-state index contributed by atoms with van der Waals surface area (Å²) in [5.74, 6) is 0.295. The number of ether oxygens (including phenoxy) is 2. The number of rotatable bonds is 5. The molecule has 0 bridgehead atoms. The van der Waals surface area contributed by atoms with E-state index < -0.39 is 11.6 Å². The van der Waals surface area contributed by atoms with Crippen LogP contribution in [-0.2, 0) is 9.53 Å². The topological polar surface area (TPSA) is 55.8 Å². The third-order valence-electron chi connectivity index (χ3n) is 2.92. The van der Waals surface area contributed by atoms with Crippen LogP contribution in [0.3, 0.4) is 0 Å². The Labute approximate surface area is 114 Å². The number of hydrogen-bond acceptors (Lipinski definition) is 4. The molecule has 0 heterocycles. The molecule has 1 unspecified atom stereocenters. The van der Waals surface area contributed by atoms with Crippen LogP contribution in [0, 0.1) is 6.92 Å². The minimum Gasteiger partial charge on any atom is -0.490 e. The fourth-order valence-corrected chi connectivity index (χ4v) is 1.74. The van der Waals surface area contributed by atoms with E-state index in [-0.39, 0.29) is 6.61 Å². The Hall–Kier alpha value is -1.55. The van der Waals surface area contributed by atoms with Gasteiger partial charge in [0.25, 0.3) is 0 Å². The molecule has 0 saturated heterocycles. The average molecular weight is 266 g/mol. The molecule has 0 saturated carbocycles. The predicted molar refractivity (Wildman–Crippen MR) is 73.4 cm³/mol. The molecule has 0 amide bonds. The van der Waals surface area contributed by atoms with Crippen LogP contribution >= 0.6 is 0 Å². The van der Waals surface area contributed by atoms with Crippen molar-refractivity contribution in [3.8, 4) is 5.75 Å². The van der Waals surface area contributed by atoms with E-state index in [9.17, 15) is 9.90 Å². The molecule has 1 aromatic rings. The van der Waals surface area contributed by atoms with Crippen molar-refractivity contribution in [1.29, 1.82) is 0 Å². The number of aryl methyl sites for hydroxylation is 1. The van der Waals surface area contributed by atoms with E-state index in [4.69, 9.17) is 4.74 Å². The highest BCUT2D eigenvalue weighted by molar-refractivity contribution is 5.78. The molecule has 4 nitrogen and oxygen atoms in total. The summed E-state index contributed by atoms with van der Waals surface area (Å²) < 4.78 is 10.2. The molecule has 0 aliphatic heterocycles. The average Bonchev–Trinajstić information content (AvgIpc) is 2.35. The summed E-state index contributed by atoms with van der Waals surface area (Å²) in [6.07, 6.45) is 0. The first-order valence-corrected chi connectivity index (χ1v) is 6.32. The van der Waals surface area contributed by atoms with Crippen LogP contribution in [0.2, 0.25) is 0 Å². The Balaban J connectivity index is 2.88. The van der Waals surface area contributed by atoms with Gasteiger partial charge in [-0.3, -0.25) is 0 Å². The first-order chi connectivity index (χ1) is 8.77. The number of esters is 1. The van der Waals surface area contributed by atoms with Gasteiger partial charge in [-0.1, -0.05) is 26.0 Å². The van der Waals surface area contributed by atoms with Gasteiger partial charge < -0.3 is 14.6 Å². The fourth-order valence-electron chi connectivity index (χ4n) is 1.74. The van der Waals surface area contributed by atoms with Crippen molar-refractivity contribution in [2.24, 2.45) is 0 Å². The first kappa shape index (κ1) is 15.5. The summed E-state index contributed by atoms with van der Waals surface area (Å²) in [6, 6.07) is 5.92. The first-order valence-electron chi connectivity index (χ1n) is 6.32. The Kier molecular flexibility index (Phi) is 4.95. The SMILES string of the molecule is COC(=O)C(C)(O)COc1cc(C)ccc1C(C)C. The van der Waals surface area contributed by atoms with E-state index in [0.717, 1.165) is 11.1 Å². The van der Waals surface area contributed by atoms with Crippen LogP contribution in [0.5, 0.6) is 5.75 Å². The summed E-state index contributed by atoms with van der Waals surface area (Å²) in [6.45, 7) is 7.34. The van der Waals surface area contributed by atoms with Crippen molar-refractivity contribution >= 4 is 5.97 Å². The van der Waals surface area contributed by atoms with Gasteiger partial charge in [0.1, 0.15) is 12.4 Å². The van der Waals surface area contributed by atoms with E-state index in [1.165, 1.54) is 14.0 Å². The molecular weight excluding hydrogens is 244 g/mol. The molecule has 0 radical (unpaired) electrons. The third kappa shape index (κ3) is 3.96. The molecular formula is C15H22O4. The number of benzene rings is 1. The number of aliphatic hydroxyl groups is 1. The number of carbonyl (C=O) groups is 1. The van der Waals surface area contributed by atoms with E-state index >= 15 is 0 Å². The van der Waals surface area contributed by atoms with Gasteiger partial charge in [0.2, 0.25) is 0 Å². The van der Waals surface area contributed by atoms with E-state index in [0.29, 0.717) is 11.7 Å². The largest absolute Gasteiger partial charge is 0.490 e. The smallest absolute Gasteiger partial charge is 0.341 e. The molecule has 0 fully saturated rings. The van der Waals surface area contributed by atoms with Crippen molar-refractivity contribution in [3.05, 3.63) is 29.3 Å². The molecule has 19 heavy (non-hydrogen) atoms. The number of methoxy groups -OCH3 is 1. The highest BCUT2D eigenvalue weighted by Crippen LogP contribution is 2.28. The molecule has 1 N–H and O–H groups in total. The fraction of sp³-hybridized carbons (Fsp3) is 0.533. The molecule has 0 aliphatic rings. The summed E-state index contributed by atoms with van der Waals surface area (Å²) in [5, 5.41) is 9.94. The van der Waals surface area contributed by atoms with Crippen LogP contribution in [0.15, 0.2) is 18.2 Å².